The summed E-state index contributed by atoms with van der Waals surface area (Å²) < 4.78 is 0. The normalized spacial score (nSPS) is 24.8. The van der Waals surface area contributed by atoms with Gasteiger partial charge in [0.1, 0.15) is 0 Å². The van der Waals surface area contributed by atoms with Gasteiger partial charge < -0.3 is 11.5 Å². The first-order valence-corrected chi connectivity index (χ1v) is 6.30. The van der Waals surface area contributed by atoms with Crippen molar-refractivity contribution in [1.82, 2.24) is 4.90 Å². The highest BCUT2D eigenvalue weighted by molar-refractivity contribution is 5.40. The second kappa shape index (κ2) is 4.67. The lowest BCUT2D eigenvalue weighted by Crippen LogP contribution is -2.52. The zero-order chi connectivity index (χ0) is 12.5. The number of nitrogens with zero attached hydrogens (tertiary/aromatic N) is 1. The summed E-state index contributed by atoms with van der Waals surface area (Å²) >= 11 is 0. The average molecular weight is 233 g/mol. The topological polar surface area (TPSA) is 55.3 Å². The van der Waals surface area contributed by atoms with Crippen molar-refractivity contribution in [3.8, 4) is 0 Å². The second-order valence-electron chi connectivity index (χ2n) is 5.84. The maximum absolute atomic E-state index is 6.15. The molecule has 94 valence electrons. The molecule has 1 unspecified atom stereocenters. The third-order valence-electron chi connectivity index (χ3n) is 3.75. The highest BCUT2D eigenvalue weighted by atomic mass is 15.1. The molecule has 1 aromatic rings. The van der Waals surface area contributed by atoms with Crippen molar-refractivity contribution < 1.29 is 0 Å². The van der Waals surface area contributed by atoms with Crippen LogP contribution in [0.1, 0.15) is 25.8 Å². The third-order valence-corrected chi connectivity index (χ3v) is 3.75. The fourth-order valence-electron chi connectivity index (χ4n) is 2.57. The lowest BCUT2D eigenvalue weighted by Gasteiger charge is -2.42. The number of hydrogen-bond donors (Lipinski definition) is 2. The molecule has 1 aliphatic heterocycles. The summed E-state index contributed by atoms with van der Waals surface area (Å²) in [4.78, 5) is 2.47. The number of rotatable bonds is 2. The Morgan fingerprint density at radius 1 is 1.41 bits per heavy atom. The molecule has 0 saturated carbocycles. The fraction of sp³-hybridized carbons (Fsp3) is 0.571. The molecule has 1 aliphatic rings. The molecule has 1 saturated heterocycles. The highest BCUT2D eigenvalue weighted by Gasteiger charge is 2.33. The molecule has 1 atom stereocenters. The van der Waals surface area contributed by atoms with Crippen LogP contribution in [0, 0.1) is 5.41 Å². The van der Waals surface area contributed by atoms with E-state index < -0.39 is 0 Å². The van der Waals surface area contributed by atoms with Gasteiger partial charge in [0, 0.05) is 31.4 Å². The number of piperidine rings is 1. The Balaban J connectivity index is 2.01. The molecule has 0 radical (unpaired) electrons. The van der Waals surface area contributed by atoms with E-state index in [1.54, 1.807) is 0 Å². The largest absolute Gasteiger partial charge is 0.399 e. The molecule has 0 bridgehead atoms. The van der Waals surface area contributed by atoms with Crippen LogP contribution in [0.15, 0.2) is 24.3 Å². The zero-order valence-electron chi connectivity index (χ0n) is 10.8. The smallest absolute Gasteiger partial charge is 0.0317 e. The van der Waals surface area contributed by atoms with Crippen molar-refractivity contribution in [3.05, 3.63) is 29.8 Å². The number of hydrogen-bond acceptors (Lipinski definition) is 3. The Morgan fingerprint density at radius 2 is 2.18 bits per heavy atom. The molecule has 3 nitrogen and oxygen atoms in total. The predicted octanol–water partition coefficient (Wildman–Crippen LogP) is 1.83. The molecule has 1 heterocycles. The molecular weight excluding hydrogens is 210 g/mol. The van der Waals surface area contributed by atoms with E-state index in [9.17, 15) is 0 Å². The summed E-state index contributed by atoms with van der Waals surface area (Å²) in [5.41, 5.74) is 14.3. The first kappa shape index (κ1) is 12.4. The molecular formula is C14H23N3. The first-order chi connectivity index (χ1) is 7.97. The Bertz CT molecular complexity index is 387. The number of nitrogens with two attached hydrogens (primary N) is 2. The van der Waals surface area contributed by atoms with E-state index in [1.165, 1.54) is 5.56 Å². The van der Waals surface area contributed by atoms with E-state index in [0.717, 1.165) is 31.7 Å². The quantitative estimate of drug-likeness (QED) is 0.766. The molecule has 1 aromatic carbocycles. The van der Waals surface area contributed by atoms with Crippen molar-refractivity contribution in [2.24, 2.45) is 11.1 Å². The minimum Gasteiger partial charge on any atom is -0.399 e. The average Bonchev–Trinajstić information content (AvgIpc) is 2.23. The molecule has 2 rings (SSSR count). The maximum atomic E-state index is 6.15. The van der Waals surface area contributed by atoms with Gasteiger partial charge in [-0.3, -0.25) is 4.90 Å². The Morgan fingerprint density at radius 3 is 2.82 bits per heavy atom. The van der Waals surface area contributed by atoms with Gasteiger partial charge in [-0.1, -0.05) is 26.0 Å². The van der Waals surface area contributed by atoms with Crippen LogP contribution in [0.25, 0.3) is 0 Å². The van der Waals surface area contributed by atoms with Crippen LogP contribution in [-0.2, 0) is 6.54 Å². The predicted molar refractivity (Wildman–Crippen MR) is 72.5 cm³/mol. The Hall–Kier alpha value is -1.06. The van der Waals surface area contributed by atoms with E-state index in [0.29, 0.717) is 6.04 Å². The Kier molecular flexibility index (Phi) is 3.40. The van der Waals surface area contributed by atoms with Gasteiger partial charge in [-0.2, -0.15) is 0 Å². The van der Waals surface area contributed by atoms with E-state index in [-0.39, 0.29) is 5.41 Å². The van der Waals surface area contributed by atoms with Crippen LogP contribution in [0.4, 0.5) is 5.69 Å². The van der Waals surface area contributed by atoms with Crippen molar-refractivity contribution in [1.29, 1.82) is 0 Å². The van der Waals surface area contributed by atoms with E-state index >= 15 is 0 Å². The second-order valence-corrected chi connectivity index (χ2v) is 5.84. The highest BCUT2D eigenvalue weighted by Crippen LogP contribution is 2.28. The summed E-state index contributed by atoms with van der Waals surface area (Å²) in [6.45, 7) is 7.62. The van der Waals surface area contributed by atoms with Gasteiger partial charge in [-0.15, -0.1) is 0 Å². The molecule has 4 N–H and O–H groups in total. The summed E-state index contributed by atoms with van der Waals surface area (Å²) in [7, 11) is 0. The van der Waals surface area contributed by atoms with Crippen molar-refractivity contribution in [2.75, 3.05) is 18.8 Å². The third kappa shape index (κ3) is 2.99. The van der Waals surface area contributed by atoms with Gasteiger partial charge in [-0.05, 0) is 29.5 Å². The van der Waals surface area contributed by atoms with Gasteiger partial charge in [0.05, 0.1) is 0 Å². The molecule has 3 heteroatoms. The summed E-state index contributed by atoms with van der Waals surface area (Å²) in [5, 5.41) is 0. The van der Waals surface area contributed by atoms with Crippen LogP contribution in [0.2, 0.25) is 0 Å². The van der Waals surface area contributed by atoms with Crippen LogP contribution in [0.3, 0.4) is 0 Å². The minimum absolute atomic E-state index is 0.207. The van der Waals surface area contributed by atoms with E-state index in [1.807, 2.05) is 12.1 Å². The van der Waals surface area contributed by atoms with Gasteiger partial charge >= 0.3 is 0 Å². The van der Waals surface area contributed by atoms with Gasteiger partial charge in [0.15, 0.2) is 0 Å². The van der Waals surface area contributed by atoms with Crippen LogP contribution in [0.5, 0.6) is 0 Å². The van der Waals surface area contributed by atoms with E-state index in [2.05, 4.69) is 30.9 Å². The molecule has 0 amide bonds. The van der Waals surface area contributed by atoms with Crippen LogP contribution >= 0.6 is 0 Å². The van der Waals surface area contributed by atoms with Crippen molar-refractivity contribution >= 4 is 5.69 Å². The summed E-state index contributed by atoms with van der Waals surface area (Å²) in [5.74, 6) is 0. The van der Waals surface area contributed by atoms with Gasteiger partial charge in [-0.25, -0.2) is 0 Å². The van der Waals surface area contributed by atoms with Crippen LogP contribution < -0.4 is 11.5 Å². The van der Waals surface area contributed by atoms with Crippen LogP contribution in [-0.4, -0.2) is 24.0 Å². The number of nitrogen functional groups attached to an aromatic ring is 1. The minimum atomic E-state index is 0.207. The molecule has 17 heavy (non-hydrogen) atoms. The number of benzene rings is 1. The lowest BCUT2D eigenvalue weighted by molar-refractivity contribution is 0.0899. The molecule has 1 fully saturated rings. The molecule has 0 spiro atoms. The number of anilines is 1. The molecule has 0 aromatic heterocycles. The van der Waals surface area contributed by atoms with Crippen molar-refractivity contribution in [3.63, 3.8) is 0 Å². The fourth-order valence-corrected chi connectivity index (χ4v) is 2.57. The lowest BCUT2D eigenvalue weighted by atomic mass is 9.79. The maximum Gasteiger partial charge on any atom is 0.0317 e. The number of likely N-dealkylation sites (tertiary alicyclic amines) is 1. The SMILES string of the molecule is CC1(C)CN(Cc2cccc(N)c2)CCC1N. The van der Waals surface area contributed by atoms with Gasteiger partial charge in [0.25, 0.3) is 0 Å². The Labute approximate surface area is 104 Å². The summed E-state index contributed by atoms with van der Waals surface area (Å²) in [6.07, 6.45) is 1.08. The first-order valence-electron chi connectivity index (χ1n) is 6.30. The summed E-state index contributed by atoms with van der Waals surface area (Å²) in [6, 6.07) is 8.46. The zero-order valence-corrected chi connectivity index (χ0v) is 10.8. The standard InChI is InChI=1S/C14H23N3/c1-14(2)10-17(7-6-13(14)16)9-11-4-3-5-12(15)8-11/h3-5,8,13H,6-7,9-10,15-16H2,1-2H3. The van der Waals surface area contributed by atoms with Crippen molar-refractivity contribution in [2.45, 2.75) is 32.9 Å². The van der Waals surface area contributed by atoms with Gasteiger partial charge in [0.2, 0.25) is 0 Å². The molecule has 0 aliphatic carbocycles. The van der Waals surface area contributed by atoms with E-state index in [4.69, 9.17) is 11.5 Å². The monoisotopic (exact) mass is 233 g/mol.